The van der Waals surface area contributed by atoms with Crippen molar-refractivity contribution >= 4 is 11.8 Å². The Morgan fingerprint density at radius 3 is 2.42 bits per heavy atom. The second kappa shape index (κ2) is 11.4. The molecule has 0 saturated carbocycles. The summed E-state index contributed by atoms with van der Waals surface area (Å²) in [4.78, 5) is 24.6. The van der Waals surface area contributed by atoms with Crippen LogP contribution in [-0.2, 0) is 11.3 Å². The minimum Gasteiger partial charge on any atom is -0.492 e. The molecule has 0 heterocycles. The number of para-hydroxylation sites is 1. The van der Waals surface area contributed by atoms with Gasteiger partial charge in [0.2, 0.25) is 0 Å². The highest BCUT2D eigenvalue weighted by Gasteiger charge is 2.13. The van der Waals surface area contributed by atoms with Crippen LogP contribution in [0.4, 0.5) is 0 Å². The Morgan fingerprint density at radius 1 is 0.839 bits per heavy atom. The third-order valence-electron chi connectivity index (χ3n) is 4.47. The van der Waals surface area contributed by atoms with E-state index in [1.165, 1.54) is 0 Å². The monoisotopic (exact) mass is 418 g/mol. The Morgan fingerprint density at radius 2 is 1.61 bits per heavy atom. The van der Waals surface area contributed by atoms with Crippen LogP contribution in [0, 0.1) is 6.92 Å². The number of nitrogens with one attached hydrogen (secondary N) is 2. The van der Waals surface area contributed by atoms with E-state index >= 15 is 0 Å². The van der Waals surface area contributed by atoms with Crippen molar-refractivity contribution in [2.75, 3.05) is 19.8 Å². The van der Waals surface area contributed by atoms with Crippen molar-refractivity contribution in [1.82, 2.24) is 10.6 Å². The summed E-state index contributed by atoms with van der Waals surface area (Å²) in [5.74, 6) is 0.582. The van der Waals surface area contributed by atoms with Crippen molar-refractivity contribution in [3.05, 3.63) is 95.6 Å². The minimum absolute atomic E-state index is 0.187. The Bertz CT molecular complexity index is 1010. The first-order chi connectivity index (χ1) is 15.1. The molecule has 3 aromatic carbocycles. The third kappa shape index (κ3) is 7.19. The van der Waals surface area contributed by atoms with Gasteiger partial charge in [-0.1, -0.05) is 54.6 Å². The first-order valence-corrected chi connectivity index (χ1v) is 10.1. The summed E-state index contributed by atoms with van der Waals surface area (Å²) >= 11 is 0. The van der Waals surface area contributed by atoms with Gasteiger partial charge in [-0.2, -0.15) is 0 Å². The van der Waals surface area contributed by atoms with Crippen LogP contribution >= 0.6 is 0 Å². The van der Waals surface area contributed by atoms with Gasteiger partial charge in [-0.15, -0.1) is 0 Å². The molecular weight excluding hydrogens is 392 g/mol. The molecule has 3 aromatic rings. The predicted molar refractivity (Wildman–Crippen MR) is 119 cm³/mol. The quantitative estimate of drug-likeness (QED) is 0.494. The van der Waals surface area contributed by atoms with E-state index in [0.717, 1.165) is 16.9 Å². The SMILES string of the molecule is Cc1cccc(OCCNC(=O)COc2ccccc2C(=O)NCc2ccccc2)c1. The maximum Gasteiger partial charge on any atom is 0.258 e. The second-order valence-electron chi connectivity index (χ2n) is 6.97. The molecule has 31 heavy (non-hydrogen) atoms. The van der Waals surface area contributed by atoms with Gasteiger partial charge in [0.15, 0.2) is 6.61 Å². The molecule has 6 heteroatoms. The molecule has 0 atom stereocenters. The fourth-order valence-corrected chi connectivity index (χ4v) is 2.91. The molecule has 3 rings (SSSR count). The number of hydrogen-bond donors (Lipinski definition) is 2. The zero-order valence-electron chi connectivity index (χ0n) is 17.5. The maximum atomic E-state index is 12.5. The molecule has 0 spiro atoms. The third-order valence-corrected chi connectivity index (χ3v) is 4.47. The van der Waals surface area contributed by atoms with Crippen LogP contribution < -0.4 is 20.1 Å². The molecule has 0 unspecified atom stereocenters. The number of benzene rings is 3. The van der Waals surface area contributed by atoms with Gasteiger partial charge in [-0.05, 0) is 42.3 Å². The molecule has 0 radical (unpaired) electrons. The second-order valence-corrected chi connectivity index (χ2v) is 6.97. The van der Waals surface area contributed by atoms with Gasteiger partial charge in [0.05, 0.1) is 12.1 Å². The smallest absolute Gasteiger partial charge is 0.258 e. The molecule has 0 aliphatic rings. The summed E-state index contributed by atoms with van der Waals surface area (Å²) in [5, 5.41) is 5.61. The topological polar surface area (TPSA) is 76.7 Å². The van der Waals surface area contributed by atoms with E-state index in [-0.39, 0.29) is 18.4 Å². The van der Waals surface area contributed by atoms with Gasteiger partial charge in [0, 0.05) is 6.54 Å². The van der Waals surface area contributed by atoms with Gasteiger partial charge in [0.1, 0.15) is 18.1 Å². The van der Waals surface area contributed by atoms with Crippen LogP contribution in [0.15, 0.2) is 78.9 Å². The highest BCUT2D eigenvalue weighted by Crippen LogP contribution is 2.18. The van der Waals surface area contributed by atoms with Gasteiger partial charge in [-0.25, -0.2) is 0 Å². The zero-order chi connectivity index (χ0) is 21.9. The fourth-order valence-electron chi connectivity index (χ4n) is 2.91. The Balaban J connectivity index is 1.43. The predicted octanol–water partition coefficient (Wildman–Crippen LogP) is 3.50. The Kier molecular flexibility index (Phi) is 8.05. The molecule has 0 aliphatic carbocycles. The molecular formula is C25H26N2O4. The lowest BCUT2D eigenvalue weighted by molar-refractivity contribution is -0.123. The first-order valence-electron chi connectivity index (χ1n) is 10.1. The van der Waals surface area contributed by atoms with Crippen molar-refractivity contribution in [1.29, 1.82) is 0 Å². The molecule has 0 saturated heterocycles. The summed E-state index contributed by atoms with van der Waals surface area (Å²) < 4.78 is 11.2. The van der Waals surface area contributed by atoms with Crippen LogP contribution in [0.1, 0.15) is 21.5 Å². The van der Waals surface area contributed by atoms with Gasteiger partial charge >= 0.3 is 0 Å². The normalized spacial score (nSPS) is 10.2. The number of rotatable bonds is 10. The molecule has 2 N–H and O–H groups in total. The number of aryl methyl sites for hydroxylation is 1. The first kappa shape index (κ1) is 21.9. The van der Waals surface area contributed by atoms with Crippen molar-refractivity contribution in [3.8, 4) is 11.5 Å². The zero-order valence-corrected chi connectivity index (χ0v) is 17.5. The highest BCUT2D eigenvalue weighted by molar-refractivity contribution is 5.97. The van der Waals surface area contributed by atoms with E-state index in [4.69, 9.17) is 9.47 Å². The van der Waals surface area contributed by atoms with Crippen molar-refractivity contribution in [3.63, 3.8) is 0 Å². The lowest BCUT2D eigenvalue weighted by Crippen LogP contribution is -2.32. The molecule has 0 aromatic heterocycles. The molecule has 2 amide bonds. The van der Waals surface area contributed by atoms with Gasteiger partial charge < -0.3 is 20.1 Å². The largest absolute Gasteiger partial charge is 0.492 e. The van der Waals surface area contributed by atoms with E-state index in [0.29, 0.717) is 31.0 Å². The summed E-state index contributed by atoms with van der Waals surface area (Å²) in [6.07, 6.45) is 0. The lowest BCUT2D eigenvalue weighted by atomic mass is 10.1. The van der Waals surface area contributed by atoms with E-state index in [2.05, 4.69) is 10.6 Å². The highest BCUT2D eigenvalue weighted by atomic mass is 16.5. The molecule has 6 nitrogen and oxygen atoms in total. The fraction of sp³-hybridized carbons (Fsp3) is 0.200. The molecule has 0 aliphatic heterocycles. The van der Waals surface area contributed by atoms with Crippen molar-refractivity contribution in [2.24, 2.45) is 0 Å². The number of carbonyl (C=O) groups is 2. The summed E-state index contributed by atoms with van der Waals surface area (Å²) in [7, 11) is 0. The number of amides is 2. The van der Waals surface area contributed by atoms with Gasteiger partial charge in [-0.3, -0.25) is 9.59 Å². The van der Waals surface area contributed by atoms with Crippen LogP contribution in [-0.4, -0.2) is 31.6 Å². The average Bonchev–Trinajstić information content (AvgIpc) is 2.80. The van der Waals surface area contributed by atoms with E-state index in [9.17, 15) is 9.59 Å². The van der Waals surface area contributed by atoms with Crippen LogP contribution in [0.3, 0.4) is 0 Å². The van der Waals surface area contributed by atoms with E-state index in [1.54, 1.807) is 24.3 Å². The Labute approximate surface area is 182 Å². The van der Waals surface area contributed by atoms with Crippen LogP contribution in [0.5, 0.6) is 11.5 Å². The van der Waals surface area contributed by atoms with Crippen molar-refractivity contribution in [2.45, 2.75) is 13.5 Å². The standard InChI is InChI=1S/C25H26N2O4/c1-19-8-7-11-21(16-19)30-15-14-26-24(28)18-31-23-13-6-5-12-22(23)25(29)27-17-20-9-3-2-4-10-20/h2-13,16H,14-15,17-18H2,1H3,(H,26,28)(H,27,29). The van der Waals surface area contributed by atoms with Crippen molar-refractivity contribution < 1.29 is 19.1 Å². The maximum absolute atomic E-state index is 12.5. The molecule has 0 bridgehead atoms. The molecule has 160 valence electrons. The summed E-state index contributed by atoms with van der Waals surface area (Å²) in [6.45, 7) is 2.93. The van der Waals surface area contributed by atoms with E-state index < -0.39 is 0 Å². The van der Waals surface area contributed by atoms with Crippen LogP contribution in [0.25, 0.3) is 0 Å². The number of ether oxygens (including phenoxy) is 2. The number of hydrogen-bond acceptors (Lipinski definition) is 4. The minimum atomic E-state index is -0.285. The summed E-state index contributed by atoms with van der Waals surface area (Å²) in [5.41, 5.74) is 2.50. The summed E-state index contributed by atoms with van der Waals surface area (Å²) in [6, 6.07) is 24.2. The van der Waals surface area contributed by atoms with Crippen LogP contribution in [0.2, 0.25) is 0 Å². The lowest BCUT2D eigenvalue weighted by Gasteiger charge is -2.12. The average molecular weight is 418 g/mol. The Hall–Kier alpha value is -3.80. The van der Waals surface area contributed by atoms with E-state index in [1.807, 2.05) is 61.5 Å². The van der Waals surface area contributed by atoms with Gasteiger partial charge in [0.25, 0.3) is 11.8 Å². The number of carbonyl (C=O) groups excluding carboxylic acids is 2. The molecule has 0 fully saturated rings.